The fraction of sp³-hybridized carbons (Fsp3) is 0.909. The van der Waals surface area contributed by atoms with E-state index in [1.54, 1.807) is 6.92 Å². The van der Waals surface area contributed by atoms with Gasteiger partial charge in [-0.05, 0) is 86.9 Å². The normalized spacial score (nSPS) is 53.2. The van der Waals surface area contributed by atoms with Gasteiger partial charge in [0.1, 0.15) is 54.6 Å². The zero-order valence-electron chi connectivity index (χ0n) is 26.5. The molecule has 0 amide bonds. The lowest BCUT2D eigenvalue weighted by atomic mass is 9.47. The first-order valence-electron chi connectivity index (χ1n) is 16.8. The molecule has 0 bridgehead atoms. The molecule has 0 unspecified atom stereocenters. The second kappa shape index (κ2) is 12.8. The molecule has 12 heteroatoms. The predicted octanol–water partition coefficient (Wildman–Crippen LogP) is 0.164. The van der Waals surface area contributed by atoms with Crippen molar-refractivity contribution in [3.8, 4) is 0 Å². The molecule has 7 N–H and O–H groups in total. The minimum atomic E-state index is -1.72. The summed E-state index contributed by atoms with van der Waals surface area (Å²) in [5.41, 5.74) is 1.44. The lowest BCUT2D eigenvalue weighted by molar-refractivity contribution is -0.372. The van der Waals surface area contributed by atoms with Gasteiger partial charge < -0.3 is 54.7 Å². The van der Waals surface area contributed by atoms with Gasteiger partial charge in [-0.15, -0.1) is 0 Å². The van der Waals surface area contributed by atoms with Gasteiger partial charge in [-0.1, -0.05) is 25.5 Å². The number of hydrogen-bond donors (Lipinski definition) is 7. The Balaban J connectivity index is 1.17. The SMILES string of the molecule is CC(=O)[C@H]1CC[C@@H]2[C@H]3CC=C4C[C@@H](O[C@@H]5O[C@H](CO)[C@@H](O)[C@H](O)[C@H]5O[C@@H]5O[C@H](CO)[C@@H](O)[C@H](O)[C@H]5O)CC[C@]4(C)[C@@H]3CC[C@]12C. The van der Waals surface area contributed by atoms with Crippen LogP contribution in [0.3, 0.4) is 0 Å². The number of aliphatic hydroxyl groups is 7. The van der Waals surface area contributed by atoms with E-state index in [0.29, 0.717) is 36.4 Å². The molecule has 6 aliphatic rings. The molecule has 0 aromatic carbocycles. The van der Waals surface area contributed by atoms with Crippen molar-refractivity contribution in [1.29, 1.82) is 0 Å². The van der Waals surface area contributed by atoms with Crippen LogP contribution in [0.25, 0.3) is 0 Å². The molecule has 3 saturated carbocycles. The number of ether oxygens (including phenoxy) is 4. The molecule has 4 aliphatic carbocycles. The average molecular weight is 641 g/mol. The first-order valence-corrected chi connectivity index (χ1v) is 16.8. The minimum Gasteiger partial charge on any atom is -0.394 e. The summed E-state index contributed by atoms with van der Waals surface area (Å²) in [6, 6.07) is 0. The Labute approximate surface area is 264 Å². The third-order valence-corrected chi connectivity index (χ3v) is 12.8. The second-order valence-corrected chi connectivity index (χ2v) is 15.1. The third kappa shape index (κ3) is 5.65. The predicted molar refractivity (Wildman–Crippen MR) is 157 cm³/mol. The van der Waals surface area contributed by atoms with Crippen LogP contribution in [0.15, 0.2) is 11.6 Å². The molecule has 2 aliphatic heterocycles. The van der Waals surface area contributed by atoms with Gasteiger partial charge in [0, 0.05) is 5.92 Å². The first-order chi connectivity index (χ1) is 21.3. The van der Waals surface area contributed by atoms with Gasteiger partial charge in [-0.2, -0.15) is 0 Å². The third-order valence-electron chi connectivity index (χ3n) is 12.8. The summed E-state index contributed by atoms with van der Waals surface area (Å²) in [5.74, 6) is 2.13. The Hall–Kier alpha value is -1.03. The van der Waals surface area contributed by atoms with Crippen molar-refractivity contribution in [3.63, 3.8) is 0 Å². The van der Waals surface area contributed by atoms with Gasteiger partial charge in [-0.25, -0.2) is 0 Å². The fourth-order valence-corrected chi connectivity index (χ4v) is 10.2. The zero-order chi connectivity index (χ0) is 32.4. The number of carbonyl (C=O) groups excluding carboxylic acids is 1. The van der Waals surface area contributed by atoms with Crippen LogP contribution in [0.5, 0.6) is 0 Å². The van der Waals surface area contributed by atoms with Crippen molar-refractivity contribution >= 4 is 5.78 Å². The van der Waals surface area contributed by atoms with E-state index in [1.807, 2.05) is 0 Å². The number of fused-ring (bicyclic) bond motifs is 5. The fourth-order valence-electron chi connectivity index (χ4n) is 10.2. The van der Waals surface area contributed by atoms with Crippen molar-refractivity contribution in [1.82, 2.24) is 0 Å². The molecule has 45 heavy (non-hydrogen) atoms. The van der Waals surface area contributed by atoms with E-state index in [1.165, 1.54) is 5.57 Å². The Morgan fingerprint density at radius 1 is 0.822 bits per heavy atom. The molecule has 2 saturated heterocycles. The van der Waals surface area contributed by atoms with E-state index in [0.717, 1.165) is 38.5 Å². The standard InChI is InChI=1S/C33H52O12/c1-15(36)19-6-7-20-18-5-4-16-12-17(8-10-32(16,2)21(18)9-11-33(19,20)3)42-31-29(27(40)25(38)23(14-35)44-31)45-30-28(41)26(39)24(37)22(13-34)43-30/h4,17-31,34-35,37-41H,5-14H2,1-3H3/t17-,18+,19+,20+,21+,22+,23+,24+,25+,26-,27-,28+,29+,30-,31+,32-,33+/m0/s1. The number of rotatable bonds is 7. The summed E-state index contributed by atoms with van der Waals surface area (Å²) in [5, 5.41) is 72.0. The average Bonchev–Trinajstić information content (AvgIpc) is 3.38. The summed E-state index contributed by atoms with van der Waals surface area (Å²) in [7, 11) is 0. The van der Waals surface area contributed by atoms with Crippen molar-refractivity contribution < 1.29 is 59.5 Å². The monoisotopic (exact) mass is 640 g/mol. The van der Waals surface area contributed by atoms with Gasteiger partial charge in [0.15, 0.2) is 12.6 Å². The molecular weight excluding hydrogens is 588 g/mol. The highest BCUT2D eigenvalue weighted by molar-refractivity contribution is 5.79. The van der Waals surface area contributed by atoms with Crippen molar-refractivity contribution in [2.45, 2.75) is 140 Å². The van der Waals surface area contributed by atoms with Crippen LogP contribution in [0.1, 0.15) is 72.1 Å². The molecule has 0 spiro atoms. The maximum Gasteiger partial charge on any atom is 0.187 e. The highest BCUT2D eigenvalue weighted by atomic mass is 16.8. The Morgan fingerprint density at radius 3 is 2.16 bits per heavy atom. The molecule has 256 valence electrons. The van der Waals surface area contributed by atoms with E-state index < -0.39 is 74.6 Å². The second-order valence-electron chi connectivity index (χ2n) is 15.1. The van der Waals surface area contributed by atoms with Gasteiger partial charge in [0.2, 0.25) is 0 Å². The molecule has 0 aromatic rings. The number of ketones is 1. The van der Waals surface area contributed by atoms with Gasteiger partial charge in [0.25, 0.3) is 0 Å². The van der Waals surface area contributed by atoms with Crippen molar-refractivity contribution in [2.24, 2.45) is 34.5 Å². The van der Waals surface area contributed by atoms with E-state index in [4.69, 9.17) is 18.9 Å². The summed E-state index contributed by atoms with van der Waals surface area (Å²) < 4.78 is 23.7. The summed E-state index contributed by atoms with van der Waals surface area (Å²) in [6.07, 6.45) is -5.13. The quantitative estimate of drug-likeness (QED) is 0.187. The molecule has 2 heterocycles. The van der Waals surface area contributed by atoms with Gasteiger partial charge in [0.05, 0.1) is 19.3 Å². The molecule has 17 atom stereocenters. The number of carbonyl (C=O) groups is 1. The summed E-state index contributed by atoms with van der Waals surface area (Å²) in [4.78, 5) is 12.5. The Bertz CT molecular complexity index is 1120. The molecule has 6 rings (SSSR count). The first kappa shape index (κ1) is 33.9. The molecule has 5 fully saturated rings. The van der Waals surface area contributed by atoms with Gasteiger partial charge >= 0.3 is 0 Å². The maximum atomic E-state index is 12.5. The van der Waals surface area contributed by atoms with Gasteiger partial charge in [-0.3, -0.25) is 4.79 Å². The van der Waals surface area contributed by atoms with E-state index in [-0.39, 0.29) is 22.9 Å². The Morgan fingerprint density at radius 2 is 1.49 bits per heavy atom. The number of hydrogen-bond acceptors (Lipinski definition) is 12. The van der Waals surface area contributed by atoms with Crippen LogP contribution in [-0.4, -0.2) is 122 Å². The van der Waals surface area contributed by atoms with E-state index >= 15 is 0 Å². The number of aliphatic hydroxyl groups excluding tert-OH is 7. The molecule has 12 nitrogen and oxygen atoms in total. The van der Waals surface area contributed by atoms with Crippen LogP contribution >= 0.6 is 0 Å². The van der Waals surface area contributed by atoms with Crippen LogP contribution in [0, 0.1) is 34.5 Å². The van der Waals surface area contributed by atoms with E-state index in [2.05, 4.69) is 19.9 Å². The molecular formula is C33H52O12. The zero-order valence-corrected chi connectivity index (χ0v) is 26.5. The lowest BCUT2D eigenvalue weighted by Crippen LogP contribution is -2.65. The summed E-state index contributed by atoms with van der Waals surface area (Å²) >= 11 is 0. The van der Waals surface area contributed by atoms with Crippen molar-refractivity contribution in [3.05, 3.63) is 11.6 Å². The van der Waals surface area contributed by atoms with Crippen LogP contribution in [0.4, 0.5) is 0 Å². The minimum absolute atomic E-state index is 0.0153. The maximum absolute atomic E-state index is 12.5. The van der Waals surface area contributed by atoms with Crippen LogP contribution in [-0.2, 0) is 23.7 Å². The highest BCUT2D eigenvalue weighted by Gasteiger charge is 2.60. The molecule has 0 aromatic heterocycles. The summed E-state index contributed by atoms with van der Waals surface area (Å²) in [6.45, 7) is 5.24. The van der Waals surface area contributed by atoms with Crippen LogP contribution in [0.2, 0.25) is 0 Å². The number of Topliss-reactive ketones (excluding diaryl/α,β-unsaturated/α-hetero) is 1. The van der Waals surface area contributed by atoms with Crippen molar-refractivity contribution in [2.75, 3.05) is 13.2 Å². The highest BCUT2D eigenvalue weighted by Crippen LogP contribution is 2.66. The lowest BCUT2D eigenvalue weighted by Gasteiger charge is -2.58. The van der Waals surface area contributed by atoms with E-state index in [9.17, 15) is 40.5 Å². The molecule has 0 radical (unpaired) electrons. The largest absolute Gasteiger partial charge is 0.394 e. The van der Waals surface area contributed by atoms with Crippen LogP contribution < -0.4 is 0 Å². The smallest absolute Gasteiger partial charge is 0.187 e. The number of allylic oxidation sites excluding steroid dienone is 1. The topological polar surface area (TPSA) is 196 Å². The Kier molecular flexibility index (Phi) is 9.61.